The number of alkyl halides is 1. The summed E-state index contributed by atoms with van der Waals surface area (Å²) in [4.78, 5) is 0. The predicted octanol–water partition coefficient (Wildman–Crippen LogP) is 1.89. The predicted molar refractivity (Wildman–Crippen MR) is 51.6 cm³/mol. The summed E-state index contributed by atoms with van der Waals surface area (Å²) in [6, 6.07) is 0. The van der Waals surface area contributed by atoms with E-state index in [0.717, 1.165) is 25.8 Å². The molecule has 0 aromatic heterocycles. The van der Waals surface area contributed by atoms with Crippen LogP contribution in [-0.2, 0) is 4.74 Å². The summed E-state index contributed by atoms with van der Waals surface area (Å²) in [7, 11) is 0. The van der Waals surface area contributed by atoms with Crippen molar-refractivity contribution in [2.24, 2.45) is 0 Å². The van der Waals surface area contributed by atoms with Crippen molar-refractivity contribution in [3.8, 4) is 0 Å². The second-order valence-corrected chi connectivity index (χ2v) is 3.63. The Kier molecular flexibility index (Phi) is 5.32. The molecule has 2 nitrogen and oxygen atoms in total. The van der Waals surface area contributed by atoms with Gasteiger partial charge >= 0.3 is 0 Å². The van der Waals surface area contributed by atoms with E-state index in [1.807, 2.05) is 0 Å². The fourth-order valence-electron chi connectivity index (χ4n) is 1.59. The summed E-state index contributed by atoms with van der Waals surface area (Å²) >= 11 is 0. The number of ether oxygens (including phenoxy) is 1. The maximum atomic E-state index is 13.4. The van der Waals surface area contributed by atoms with Gasteiger partial charge in [-0.25, -0.2) is 4.39 Å². The lowest BCUT2D eigenvalue weighted by atomic mass is 10.1. The molecule has 0 amide bonds. The van der Waals surface area contributed by atoms with Gasteiger partial charge < -0.3 is 10.1 Å². The molecule has 3 heteroatoms. The molecule has 0 aliphatic carbocycles. The molecule has 78 valence electrons. The third-order valence-electron chi connectivity index (χ3n) is 2.44. The highest BCUT2D eigenvalue weighted by Gasteiger charge is 2.23. The maximum absolute atomic E-state index is 13.4. The zero-order valence-electron chi connectivity index (χ0n) is 8.39. The normalized spacial score (nSPS) is 25.8. The Bertz CT molecular complexity index is 126. The van der Waals surface area contributed by atoms with Crippen molar-refractivity contribution >= 4 is 0 Å². The fourth-order valence-corrected chi connectivity index (χ4v) is 1.59. The molecule has 13 heavy (non-hydrogen) atoms. The van der Waals surface area contributed by atoms with Gasteiger partial charge in [0.05, 0.1) is 6.61 Å². The average molecular weight is 189 g/mol. The van der Waals surface area contributed by atoms with Crippen LogP contribution in [0.2, 0.25) is 0 Å². The molecule has 0 saturated carbocycles. The highest BCUT2D eigenvalue weighted by atomic mass is 19.1. The molecule has 1 aliphatic rings. The van der Waals surface area contributed by atoms with Gasteiger partial charge in [-0.3, -0.25) is 0 Å². The van der Waals surface area contributed by atoms with Gasteiger partial charge in [0.1, 0.15) is 12.3 Å². The maximum Gasteiger partial charge on any atom is 0.127 e. The molecule has 2 atom stereocenters. The highest BCUT2D eigenvalue weighted by molar-refractivity contribution is 4.75. The van der Waals surface area contributed by atoms with Crippen molar-refractivity contribution in [1.29, 1.82) is 0 Å². The summed E-state index contributed by atoms with van der Waals surface area (Å²) < 4.78 is 18.8. The Morgan fingerprint density at radius 3 is 3.00 bits per heavy atom. The molecule has 0 spiro atoms. The molecule has 2 unspecified atom stereocenters. The van der Waals surface area contributed by atoms with Gasteiger partial charge in [0, 0.05) is 13.1 Å². The number of nitrogens with one attached hydrogen (secondary N) is 1. The summed E-state index contributed by atoms with van der Waals surface area (Å²) in [5.41, 5.74) is 0. The molecular weight excluding hydrogens is 169 g/mol. The first-order valence-electron chi connectivity index (χ1n) is 5.31. The monoisotopic (exact) mass is 189 g/mol. The van der Waals surface area contributed by atoms with Gasteiger partial charge in [0.15, 0.2) is 0 Å². The Labute approximate surface area is 79.8 Å². The molecule has 1 N–H and O–H groups in total. The number of hydrogen-bond donors (Lipinski definition) is 1. The van der Waals surface area contributed by atoms with E-state index in [-0.39, 0.29) is 6.10 Å². The van der Waals surface area contributed by atoms with Crippen LogP contribution in [0.25, 0.3) is 0 Å². The second kappa shape index (κ2) is 6.33. The Balaban J connectivity index is 2.09. The lowest BCUT2D eigenvalue weighted by Gasteiger charge is -2.26. The van der Waals surface area contributed by atoms with Gasteiger partial charge in [0.2, 0.25) is 0 Å². The van der Waals surface area contributed by atoms with Gasteiger partial charge in [-0.05, 0) is 6.42 Å². The minimum atomic E-state index is -0.778. The van der Waals surface area contributed by atoms with E-state index in [9.17, 15) is 4.39 Å². The highest BCUT2D eigenvalue weighted by Crippen LogP contribution is 2.13. The van der Waals surface area contributed by atoms with Crippen LogP contribution in [0.5, 0.6) is 0 Å². The first-order chi connectivity index (χ1) is 6.34. The van der Waals surface area contributed by atoms with Crippen LogP contribution in [0.1, 0.15) is 32.6 Å². The smallest absolute Gasteiger partial charge is 0.127 e. The van der Waals surface area contributed by atoms with Crippen molar-refractivity contribution in [3.63, 3.8) is 0 Å². The molecule has 1 saturated heterocycles. The molecule has 0 radical (unpaired) electrons. The van der Waals surface area contributed by atoms with Crippen molar-refractivity contribution in [1.82, 2.24) is 5.32 Å². The minimum Gasteiger partial charge on any atom is -0.373 e. The zero-order valence-corrected chi connectivity index (χ0v) is 8.39. The average Bonchev–Trinajstić information content (AvgIpc) is 2.19. The van der Waals surface area contributed by atoms with Crippen LogP contribution in [-0.4, -0.2) is 32.0 Å². The summed E-state index contributed by atoms with van der Waals surface area (Å²) in [5, 5.41) is 3.14. The van der Waals surface area contributed by atoms with Crippen molar-refractivity contribution < 1.29 is 9.13 Å². The minimum absolute atomic E-state index is 0.203. The van der Waals surface area contributed by atoms with Gasteiger partial charge in [-0.1, -0.05) is 26.2 Å². The van der Waals surface area contributed by atoms with Crippen molar-refractivity contribution in [2.75, 3.05) is 19.7 Å². The van der Waals surface area contributed by atoms with Gasteiger partial charge in [0.25, 0.3) is 0 Å². The number of rotatable bonds is 5. The van der Waals surface area contributed by atoms with E-state index in [4.69, 9.17) is 4.74 Å². The molecule has 1 heterocycles. The van der Waals surface area contributed by atoms with E-state index in [1.54, 1.807) is 0 Å². The van der Waals surface area contributed by atoms with Crippen molar-refractivity contribution in [3.05, 3.63) is 0 Å². The van der Waals surface area contributed by atoms with Crippen LogP contribution in [0.4, 0.5) is 4.39 Å². The second-order valence-electron chi connectivity index (χ2n) is 3.63. The van der Waals surface area contributed by atoms with Gasteiger partial charge in [-0.2, -0.15) is 0 Å². The Hall–Kier alpha value is -0.150. The van der Waals surface area contributed by atoms with E-state index in [2.05, 4.69) is 12.2 Å². The molecule has 0 aromatic rings. The van der Waals surface area contributed by atoms with E-state index < -0.39 is 6.17 Å². The number of hydrogen-bond acceptors (Lipinski definition) is 2. The van der Waals surface area contributed by atoms with E-state index in [0.29, 0.717) is 19.6 Å². The standard InChI is InChI=1S/C10H20FNO/c1-2-3-4-5-9(11)10-8-12-6-7-13-10/h9-10,12H,2-8H2,1H3. The molecule has 1 aliphatic heterocycles. The first-order valence-corrected chi connectivity index (χ1v) is 5.31. The van der Waals surface area contributed by atoms with E-state index in [1.165, 1.54) is 0 Å². The Morgan fingerprint density at radius 1 is 1.54 bits per heavy atom. The van der Waals surface area contributed by atoms with Crippen LogP contribution in [0, 0.1) is 0 Å². The number of morpholine rings is 1. The third-order valence-corrected chi connectivity index (χ3v) is 2.44. The third kappa shape index (κ3) is 4.05. The van der Waals surface area contributed by atoms with Crippen LogP contribution in [0.3, 0.4) is 0 Å². The fraction of sp³-hybridized carbons (Fsp3) is 1.00. The van der Waals surface area contributed by atoms with Crippen LogP contribution < -0.4 is 5.32 Å². The summed E-state index contributed by atoms with van der Waals surface area (Å²) in [5.74, 6) is 0. The molecular formula is C10H20FNO. The number of unbranched alkanes of at least 4 members (excludes halogenated alkanes) is 2. The Morgan fingerprint density at radius 2 is 2.38 bits per heavy atom. The zero-order chi connectivity index (χ0) is 9.52. The first kappa shape index (κ1) is 10.9. The summed E-state index contributed by atoms with van der Waals surface area (Å²) in [6.45, 7) is 4.32. The summed E-state index contributed by atoms with van der Waals surface area (Å²) in [6.07, 6.45) is 2.93. The quantitative estimate of drug-likeness (QED) is 0.667. The van der Waals surface area contributed by atoms with Crippen LogP contribution in [0.15, 0.2) is 0 Å². The molecule has 1 rings (SSSR count). The van der Waals surface area contributed by atoms with Crippen molar-refractivity contribution in [2.45, 2.75) is 44.9 Å². The largest absolute Gasteiger partial charge is 0.373 e. The van der Waals surface area contributed by atoms with E-state index >= 15 is 0 Å². The lowest BCUT2D eigenvalue weighted by molar-refractivity contribution is -0.0240. The SMILES string of the molecule is CCCCCC(F)C1CNCCO1. The molecule has 1 fully saturated rings. The topological polar surface area (TPSA) is 21.3 Å². The van der Waals surface area contributed by atoms with Gasteiger partial charge in [-0.15, -0.1) is 0 Å². The van der Waals surface area contributed by atoms with Crippen LogP contribution >= 0.6 is 0 Å². The number of halogens is 1. The molecule has 0 aromatic carbocycles. The lowest BCUT2D eigenvalue weighted by Crippen LogP contribution is -2.43. The molecule has 0 bridgehead atoms.